The fraction of sp³-hybridized carbons (Fsp3) is 0.364. The van der Waals surface area contributed by atoms with Crippen LogP contribution in [0.3, 0.4) is 0 Å². The van der Waals surface area contributed by atoms with Gasteiger partial charge in [0.15, 0.2) is 0 Å². The second-order valence-corrected chi connectivity index (χ2v) is 6.39. The maximum Gasteiger partial charge on any atom is 0.236 e. The van der Waals surface area contributed by atoms with E-state index in [4.69, 9.17) is 9.47 Å². The van der Waals surface area contributed by atoms with E-state index in [-0.39, 0.29) is 5.91 Å². The summed E-state index contributed by atoms with van der Waals surface area (Å²) in [6, 6.07) is 15.9. The third kappa shape index (κ3) is 7.13. The summed E-state index contributed by atoms with van der Waals surface area (Å²) in [7, 11) is 0. The fourth-order valence-corrected chi connectivity index (χ4v) is 2.47. The van der Waals surface area contributed by atoms with Gasteiger partial charge in [-0.05, 0) is 42.2 Å². The molecule has 0 aliphatic rings. The average molecular weight is 368 g/mol. The molecule has 1 amide bonds. The summed E-state index contributed by atoms with van der Waals surface area (Å²) >= 11 is 0. The zero-order valence-electron chi connectivity index (χ0n) is 16.3. The molecule has 0 heterocycles. The van der Waals surface area contributed by atoms with Crippen LogP contribution in [-0.2, 0) is 4.79 Å². The Morgan fingerprint density at radius 2 is 1.81 bits per heavy atom. The topological polar surface area (TPSA) is 59.9 Å². The number of hydrogen-bond donors (Lipinski definition) is 1. The van der Waals surface area contributed by atoms with Crippen LogP contribution in [0, 0.1) is 0 Å². The molecule has 27 heavy (non-hydrogen) atoms. The third-order valence-electron chi connectivity index (χ3n) is 4.22. The first-order valence-corrected chi connectivity index (χ1v) is 9.34. The molecule has 0 fully saturated rings. The molecule has 2 rings (SSSR count). The Kier molecular flexibility index (Phi) is 8.36. The van der Waals surface area contributed by atoms with Gasteiger partial charge in [0.1, 0.15) is 11.5 Å². The number of nitrogens with one attached hydrogen (secondary N) is 1. The Balaban J connectivity index is 1.75. The van der Waals surface area contributed by atoms with E-state index in [1.807, 2.05) is 36.4 Å². The highest BCUT2D eigenvalue weighted by atomic mass is 16.5. The van der Waals surface area contributed by atoms with E-state index in [0.29, 0.717) is 19.1 Å². The number of carbonyl (C=O) groups excluding carboxylic acids is 1. The molecule has 0 spiro atoms. The van der Waals surface area contributed by atoms with Crippen LogP contribution in [0.25, 0.3) is 0 Å². The highest BCUT2D eigenvalue weighted by Gasteiger charge is 2.03. The highest BCUT2D eigenvalue weighted by molar-refractivity contribution is 5.84. The number of benzene rings is 2. The third-order valence-corrected chi connectivity index (χ3v) is 4.22. The number of hydrazone groups is 1. The van der Waals surface area contributed by atoms with Gasteiger partial charge in [0.25, 0.3) is 0 Å². The molecule has 144 valence electrons. The normalized spacial score (nSPS) is 12.0. The summed E-state index contributed by atoms with van der Waals surface area (Å²) in [6.45, 7) is 6.96. The van der Waals surface area contributed by atoms with Gasteiger partial charge in [-0.1, -0.05) is 38.1 Å². The van der Waals surface area contributed by atoms with E-state index in [0.717, 1.165) is 29.9 Å². The zero-order valence-corrected chi connectivity index (χ0v) is 16.3. The van der Waals surface area contributed by atoms with Gasteiger partial charge >= 0.3 is 0 Å². The summed E-state index contributed by atoms with van der Waals surface area (Å²) in [4.78, 5) is 10.9. The number of hydrogen-bond acceptors (Lipinski definition) is 4. The predicted molar refractivity (Wildman–Crippen MR) is 109 cm³/mol. The smallest absolute Gasteiger partial charge is 0.236 e. The van der Waals surface area contributed by atoms with Crippen LogP contribution >= 0.6 is 0 Å². The summed E-state index contributed by atoms with van der Waals surface area (Å²) in [5, 5.41) is 3.88. The lowest BCUT2D eigenvalue weighted by molar-refractivity contribution is -0.118. The molecule has 0 saturated heterocycles. The average Bonchev–Trinajstić information content (AvgIpc) is 2.68. The first-order valence-electron chi connectivity index (χ1n) is 9.34. The summed E-state index contributed by atoms with van der Waals surface area (Å²) in [6.07, 6.45) is 3.48. The molecule has 0 bridgehead atoms. The number of rotatable bonds is 10. The van der Waals surface area contributed by atoms with Gasteiger partial charge in [-0.3, -0.25) is 4.79 Å². The minimum atomic E-state index is -0.209. The Morgan fingerprint density at radius 3 is 2.52 bits per heavy atom. The molecular weight excluding hydrogens is 340 g/mol. The standard InChI is InChI=1S/C22H28N2O3/c1-4-17(2)19-10-12-21(13-11-19)26-14-7-15-27-22-9-6-5-8-20(22)16-23-24-18(3)25/h5-6,8-13,16-17H,4,7,14-15H2,1-3H3,(H,24,25)/b23-16-/t17-/m1/s1. The number of para-hydroxylation sites is 1. The molecule has 0 aliphatic carbocycles. The van der Waals surface area contributed by atoms with Gasteiger partial charge in [-0.25, -0.2) is 5.43 Å². The largest absolute Gasteiger partial charge is 0.493 e. The van der Waals surface area contributed by atoms with Gasteiger partial charge in [-0.15, -0.1) is 0 Å². The van der Waals surface area contributed by atoms with Crippen LogP contribution in [0.5, 0.6) is 11.5 Å². The molecule has 0 radical (unpaired) electrons. The minimum absolute atomic E-state index is 0.209. The van der Waals surface area contributed by atoms with Gasteiger partial charge in [0.2, 0.25) is 5.91 Å². The van der Waals surface area contributed by atoms with Gasteiger partial charge in [0.05, 0.1) is 19.4 Å². The Morgan fingerprint density at radius 1 is 1.11 bits per heavy atom. The molecule has 1 N–H and O–H groups in total. The van der Waals surface area contributed by atoms with Crippen LogP contribution in [0.2, 0.25) is 0 Å². The number of ether oxygens (including phenoxy) is 2. The fourth-order valence-electron chi connectivity index (χ4n) is 2.47. The summed E-state index contributed by atoms with van der Waals surface area (Å²) < 4.78 is 11.6. The van der Waals surface area contributed by atoms with Crippen molar-refractivity contribution in [3.63, 3.8) is 0 Å². The quantitative estimate of drug-likeness (QED) is 0.381. The first kappa shape index (κ1) is 20.5. The predicted octanol–water partition coefficient (Wildman–Crippen LogP) is 4.52. The van der Waals surface area contributed by atoms with Crippen molar-refractivity contribution in [3.8, 4) is 11.5 Å². The lowest BCUT2D eigenvalue weighted by Crippen LogP contribution is -2.12. The SMILES string of the molecule is CC[C@@H](C)c1ccc(OCCCOc2ccccc2/C=N\NC(C)=O)cc1. The van der Waals surface area contributed by atoms with E-state index in [2.05, 4.69) is 36.5 Å². The molecule has 1 atom stereocenters. The van der Waals surface area contributed by atoms with Crippen molar-refractivity contribution in [2.24, 2.45) is 5.10 Å². The second kappa shape index (κ2) is 11.0. The number of nitrogens with zero attached hydrogens (tertiary/aromatic N) is 1. The van der Waals surface area contributed by atoms with Crippen molar-refractivity contribution < 1.29 is 14.3 Å². The maximum absolute atomic E-state index is 10.9. The van der Waals surface area contributed by atoms with Gasteiger partial charge in [0, 0.05) is 18.9 Å². The second-order valence-electron chi connectivity index (χ2n) is 6.39. The van der Waals surface area contributed by atoms with Crippen molar-refractivity contribution in [2.75, 3.05) is 13.2 Å². The highest BCUT2D eigenvalue weighted by Crippen LogP contribution is 2.21. The van der Waals surface area contributed by atoms with E-state index < -0.39 is 0 Å². The van der Waals surface area contributed by atoms with E-state index in [9.17, 15) is 4.79 Å². The number of amides is 1. The Hall–Kier alpha value is -2.82. The Labute approximate surface area is 161 Å². The monoisotopic (exact) mass is 368 g/mol. The van der Waals surface area contributed by atoms with E-state index in [1.165, 1.54) is 12.5 Å². The van der Waals surface area contributed by atoms with Gasteiger partial charge in [-0.2, -0.15) is 5.10 Å². The van der Waals surface area contributed by atoms with Gasteiger partial charge < -0.3 is 9.47 Å². The van der Waals surface area contributed by atoms with Crippen molar-refractivity contribution in [2.45, 2.75) is 39.5 Å². The molecule has 0 saturated carbocycles. The molecule has 5 nitrogen and oxygen atoms in total. The van der Waals surface area contributed by atoms with Crippen LogP contribution in [-0.4, -0.2) is 25.3 Å². The molecule has 0 unspecified atom stereocenters. The molecule has 2 aromatic rings. The zero-order chi connectivity index (χ0) is 19.5. The van der Waals surface area contributed by atoms with Crippen LogP contribution < -0.4 is 14.9 Å². The molecular formula is C22H28N2O3. The van der Waals surface area contributed by atoms with Crippen LogP contribution in [0.15, 0.2) is 53.6 Å². The Bertz CT molecular complexity index is 741. The molecule has 0 aliphatic heterocycles. The first-order chi connectivity index (χ1) is 13.1. The minimum Gasteiger partial charge on any atom is -0.493 e. The van der Waals surface area contributed by atoms with Crippen molar-refractivity contribution in [1.82, 2.24) is 5.43 Å². The van der Waals surface area contributed by atoms with E-state index >= 15 is 0 Å². The lowest BCUT2D eigenvalue weighted by atomic mass is 9.99. The van der Waals surface area contributed by atoms with Crippen molar-refractivity contribution in [3.05, 3.63) is 59.7 Å². The van der Waals surface area contributed by atoms with Crippen molar-refractivity contribution >= 4 is 12.1 Å². The van der Waals surface area contributed by atoms with E-state index in [1.54, 1.807) is 6.21 Å². The molecule has 5 heteroatoms. The number of carbonyl (C=O) groups is 1. The van der Waals surface area contributed by atoms with Crippen molar-refractivity contribution in [1.29, 1.82) is 0 Å². The van der Waals surface area contributed by atoms with Crippen LogP contribution in [0.1, 0.15) is 50.7 Å². The molecule has 2 aromatic carbocycles. The van der Waals surface area contributed by atoms with Crippen LogP contribution in [0.4, 0.5) is 0 Å². The molecule has 0 aromatic heterocycles. The maximum atomic E-state index is 10.9. The lowest BCUT2D eigenvalue weighted by Gasteiger charge is -2.11. The summed E-state index contributed by atoms with van der Waals surface area (Å²) in [5.74, 6) is 1.97. The summed E-state index contributed by atoms with van der Waals surface area (Å²) in [5.41, 5.74) is 4.54.